The number of aliphatic hydroxyl groups is 1. The number of benzene rings is 2. The molecule has 0 bridgehead atoms. The van der Waals surface area contributed by atoms with Gasteiger partial charge >= 0.3 is 0 Å². The van der Waals surface area contributed by atoms with Crippen molar-refractivity contribution in [2.24, 2.45) is 0 Å². The van der Waals surface area contributed by atoms with Crippen molar-refractivity contribution in [2.45, 2.75) is 0 Å². The van der Waals surface area contributed by atoms with Crippen LogP contribution in [0.25, 0.3) is 10.8 Å². The topological polar surface area (TPSA) is 89.9 Å². The molecule has 2 aromatic rings. The van der Waals surface area contributed by atoms with Crippen LogP contribution < -0.4 is 5.32 Å². The number of fused-ring (bicyclic) bond motifs is 1. The third kappa shape index (κ3) is 2.40. The Balaban J connectivity index is 1.94. The Hall–Kier alpha value is -2.86. The number of carbonyl (C=O) groups is 2. The van der Waals surface area contributed by atoms with Crippen molar-refractivity contribution in [1.82, 2.24) is 4.90 Å². The Labute approximate surface area is 126 Å². The molecule has 1 heterocycles. The third-order valence-corrected chi connectivity index (χ3v) is 3.47. The van der Waals surface area contributed by atoms with Gasteiger partial charge in [0.05, 0.1) is 13.2 Å². The van der Waals surface area contributed by atoms with Gasteiger partial charge in [-0.25, -0.2) is 0 Å². The van der Waals surface area contributed by atoms with Gasteiger partial charge in [-0.2, -0.15) is 0 Å². The van der Waals surface area contributed by atoms with Gasteiger partial charge in [0.1, 0.15) is 11.4 Å². The standard InChI is InChI=1S/C16H14N2O4/c19-7-6-18-15(21)9-14(16(18)22)17-13-3-1-2-10-4-5-11(20)8-12(10)13/h1-5,8-9,17,19-20H,6-7H2. The van der Waals surface area contributed by atoms with E-state index in [9.17, 15) is 14.7 Å². The number of imide groups is 1. The molecule has 3 N–H and O–H groups in total. The molecule has 2 amide bonds. The van der Waals surface area contributed by atoms with E-state index >= 15 is 0 Å². The minimum Gasteiger partial charge on any atom is -0.508 e. The summed E-state index contributed by atoms with van der Waals surface area (Å²) in [6.07, 6.45) is 1.21. The molecule has 1 aliphatic rings. The van der Waals surface area contributed by atoms with Crippen LogP contribution in [-0.4, -0.2) is 40.1 Å². The number of rotatable bonds is 4. The number of hydrogen-bond donors (Lipinski definition) is 3. The van der Waals surface area contributed by atoms with Crippen molar-refractivity contribution in [2.75, 3.05) is 18.5 Å². The number of aromatic hydroxyl groups is 1. The average molecular weight is 298 g/mol. The number of nitrogens with one attached hydrogen (secondary N) is 1. The number of aliphatic hydroxyl groups excluding tert-OH is 1. The number of β-amino-alcohol motifs (C(OH)–C–C–N with tert-alkyl or cyclic N) is 1. The third-order valence-electron chi connectivity index (χ3n) is 3.47. The zero-order valence-corrected chi connectivity index (χ0v) is 11.6. The van der Waals surface area contributed by atoms with Crippen LogP contribution in [0.5, 0.6) is 5.75 Å². The van der Waals surface area contributed by atoms with Crippen molar-refractivity contribution in [3.63, 3.8) is 0 Å². The van der Waals surface area contributed by atoms with Crippen LogP contribution >= 0.6 is 0 Å². The van der Waals surface area contributed by atoms with Gasteiger partial charge in [-0.05, 0) is 23.6 Å². The highest BCUT2D eigenvalue weighted by atomic mass is 16.3. The molecule has 0 aliphatic carbocycles. The Morgan fingerprint density at radius 3 is 2.73 bits per heavy atom. The molecular weight excluding hydrogens is 284 g/mol. The maximum absolute atomic E-state index is 12.1. The van der Waals surface area contributed by atoms with E-state index in [1.165, 1.54) is 6.08 Å². The lowest BCUT2D eigenvalue weighted by molar-refractivity contribution is -0.137. The summed E-state index contributed by atoms with van der Waals surface area (Å²) in [5.41, 5.74) is 0.765. The molecule has 6 nitrogen and oxygen atoms in total. The molecule has 0 radical (unpaired) electrons. The summed E-state index contributed by atoms with van der Waals surface area (Å²) in [6.45, 7) is -0.309. The number of carbonyl (C=O) groups excluding carboxylic acids is 2. The monoisotopic (exact) mass is 298 g/mol. The first-order valence-electron chi connectivity index (χ1n) is 6.77. The van der Waals surface area contributed by atoms with Crippen LogP contribution in [0, 0.1) is 0 Å². The predicted octanol–water partition coefficient (Wildman–Crippen LogP) is 1.20. The Kier molecular flexibility index (Phi) is 3.52. The van der Waals surface area contributed by atoms with E-state index in [2.05, 4.69) is 5.32 Å². The summed E-state index contributed by atoms with van der Waals surface area (Å²) in [6, 6.07) is 10.4. The highest BCUT2D eigenvalue weighted by molar-refractivity contribution is 6.18. The number of nitrogens with zero attached hydrogens (tertiary/aromatic N) is 1. The Morgan fingerprint density at radius 2 is 1.95 bits per heavy atom. The molecule has 0 atom stereocenters. The predicted molar refractivity (Wildman–Crippen MR) is 81.1 cm³/mol. The second kappa shape index (κ2) is 5.50. The fourth-order valence-electron chi connectivity index (χ4n) is 2.42. The maximum atomic E-state index is 12.1. The molecule has 0 saturated heterocycles. The Bertz CT molecular complexity index is 798. The van der Waals surface area contributed by atoms with Gasteiger partial charge < -0.3 is 15.5 Å². The second-order valence-corrected chi connectivity index (χ2v) is 4.91. The van der Waals surface area contributed by atoms with E-state index in [0.717, 1.165) is 15.7 Å². The van der Waals surface area contributed by atoms with Crippen LogP contribution in [0.3, 0.4) is 0 Å². The minimum atomic E-state index is -0.476. The van der Waals surface area contributed by atoms with Gasteiger partial charge in [0, 0.05) is 17.1 Å². The maximum Gasteiger partial charge on any atom is 0.277 e. The van der Waals surface area contributed by atoms with Crippen molar-refractivity contribution in [1.29, 1.82) is 0 Å². The van der Waals surface area contributed by atoms with Crippen molar-refractivity contribution >= 4 is 28.3 Å². The summed E-state index contributed by atoms with van der Waals surface area (Å²) in [4.78, 5) is 24.8. The first-order chi connectivity index (χ1) is 10.6. The summed E-state index contributed by atoms with van der Waals surface area (Å²) in [7, 11) is 0. The summed E-state index contributed by atoms with van der Waals surface area (Å²) in [5.74, 6) is -0.813. The SMILES string of the molecule is O=C1C=C(Nc2cccc3ccc(O)cc23)C(=O)N1CCO. The smallest absolute Gasteiger partial charge is 0.277 e. The summed E-state index contributed by atoms with van der Waals surface area (Å²) in [5, 5.41) is 23.1. The molecule has 0 unspecified atom stereocenters. The average Bonchev–Trinajstić information content (AvgIpc) is 2.76. The minimum absolute atomic E-state index is 0.0321. The van der Waals surface area contributed by atoms with E-state index in [0.29, 0.717) is 5.69 Å². The van der Waals surface area contributed by atoms with Crippen molar-refractivity contribution in [3.05, 3.63) is 48.2 Å². The van der Waals surface area contributed by atoms with Gasteiger partial charge in [0.15, 0.2) is 0 Å². The highest BCUT2D eigenvalue weighted by Crippen LogP contribution is 2.28. The van der Waals surface area contributed by atoms with E-state index in [1.807, 2.05) is 12.1 Å². The molecular formula is C16H14N2O4. The van der Waals surface area contributed by atoms with E-state index in [-0.39, 0.29) is 24.6 Å². The lowest BCUT2D eigenvalue weighted by Crippen LogP contribution is -2.34. The van der Waals surface area contributed by atoms with Crippen LogP contribution in [0.15, 0.2) is 48.2 Å². The second-order valence-electron chi connectivity index (χ2n) is 4.91. The fourth-order valence-corrected chi connectivity index (χ4v) is 2.42. The quantitative estimate of drug-likeness (QED) is 0.738. The molecule has 2 aromatic carbocycles. The number of hydrogen-bond acceptors (Lipinski definition) is 5. The zero-order chi connectivity index (χ0) is 15.7. The van der Waals surface area contributed by atoms with Gasteiger partial charge in [0.2, 0.25) is 0 Å². The fraction of sp³-hybridized carbons (Fsp3) is 0.125. The van der Waals surface area contributed by atoms with E-state index in [4.69, 9.17) is 5.11 Å². The molecule has 0 fully saturated rings. The highest BCUT2D eigenvalue weighted by Gasteiger charge is 2.30. The summed E-state index contributed by atoms with van der Waals surface area (Å²) >= 11 is 0. The van der Waals surface area contributed by atoms with Crippen molar-refractivity contribution < 1.29 is 19.8 Å². The zero-order valence-electron chi connectivity index (χ0n) is 11.6. The van der Waals surface area contributed by atoms with Gasteiger partial charge in [-0.15, -0.1) is 0 Å². The van der Waals surface area contributed by atoms with Crippen LogP contribution in [0.1, 0.15) is 0 Å². The lowest BCUT2D eigenvalue weighted by atomic mass is 10.1. The first kappa shape index (κ1) is 14.1. The molecule has 22 heavy (non-hydrogen) atoms. The Morgan fingerprint density at radius 1 is 1.14 bits per heavy atom. The van der Waals surface area contributed by atoms with E-state index in [1.54, 1.807) is 24.3 Å². The number of phenols is 1. The van der Waals surface area contributed by atoms with Crippen LogP contribution in [-0.2, 0) is 9.59 Å². The van der Waals surface area contributed by atoms with Gasteiger partial charge in [-0.3, -0.25) is 14.5 Å². The molecule has 112 valence electrons. The lowest BCUT2D eigenvalue weighted by Gasteiger charge is -2.14. The molecule has 0 spiro atoms. The van der Waals surface area contributed by atoms with Crippen LogP contribution in [0.2, 0.25) is 0 Å². The van der Waals surface area contributed by atoms with Gasteiger partial charge in [-0.1, -0.05) is 18.2 Å². The van der Waals surface area contributed by atoms with Crippen molar-refractivity contribution in [3.8, 4) is 5.75 Å². The first-order valence-corrected chi connectivity index (χ1v) is 6.77. The number of phenolic OH excluding ortho intramolecular Hbond substituents is 1. The largest absolute Gasteiger partial charge is 0.508 e. The molecule has 3 rings (SSSR count). The molecule has 6 heteroatoms. The van der Waals surface area contributed by atoms with E-state index < -0.39 is 11.8 Å². The molecule has 0 aromatic heterocycles. The normalized spacial score (nSPS) is 14.6. The van der Waals surface area contributed by atoms with Crippen LogP contribution in [0.4, 0.5) is 5.69 Å². The summed E-state index contributed by atoms with van der Waals surface area (Å²) < 4.78 is 0. The molecule has 1 aliphatic heterocycles. The number of amides is 2. The molecule has 0 saturated carbocycles. The number of anilines is 1. The van der Waals surface area contributed by atoms with Gasteiger partial charge in [0.25, 0.3) is 11.8 Å².